The number of hydrogen-bond donors (Lipinski definition) is 1. The van der Waals surface area contributed by atoms with E-state index >= 15 is 4.39 Å². The van der Waals surface area contributed by atoms with Gasteiger partial charge in [-0.3, -0.25) is 4.79 Å². The molecule has 0 saturated carbocycles. The molecule has 216 valence electrons. The van der Waals surface area contributed by atoms with E-state index in [2.05, 4.69) is 20.1 Å². The first-order chi connectivity index (χ1) is 19.5. The molecule has 1 amide bonds. The summed E-state index contributed by atoms with van der Waals surface area (Å²) in [6.45, 7) is 5.46. The number of halogens is 4. The summed E-state index contributed by atoms with van der Waals surface area (Å²) in [5.41, 5.74) is 3.43. The van der Waals surface area contributed by atoms with Crippen molar-refractivity contribution in [2.75, 3.05) is 36.5 Å². The van der Waals surface area contributed by atoms with Crippen molar-refractivity contribution in [1.82, 2.24) is 14.9 Å². The smallest absolute Gasteiger partial charge is 0.497 e. The zero-order valence-electron chi connectivity index (χ0n) is 22.7. The summed E-state index contributed by atoms with van der Waals surface area (Å²) in [4.78, 5) is 17.0. The molecule has 0 radical (unpaired) electrons. The second kappa shape index (κ2) is 11.2. The highest BCUT2D eigenvalue weighted by atomic mass is 19.4. The van der Waals surface area contributed by atoms with Crippen molar-refractivity contribution in [3.63, 3.8) is 0 Å². The molecule has 8 nitrogen and oxygen atoms in total. The van der Waals surface area contributed by atoms with E-state index in [9.17, 15) is 18.0 Å². The van der Waals surface area contributed by atoms with Crippen molar-refractivity contribution >= 4 is 22.8 Å². The quantitative estimate of drug-likeness (QED) is 0.303. The van der Waals surface area contributed by atoms with Gasteiger partial charge < -0.3 is 24.6 Å². The number of methoxy groups -OCH3 is 1. The Morgan fingerprint density at radius 1 is 1.07 bits per heavy atom. The van der Waals surface area contributed by atoms with E-state index in [-0.39, 0.29) is 24.2 Å². The maximum Gasteiger partial charge on any atom is 0.573 e. The van der Waals surface area contributed by atoms with Gasteiger partial charge in [-0.2, -0.15) is 5.10 Å². The summed E-state index contributed by atoms with van der Waals surface area (Å²) in [6.07, 6.45) is -3.02. The molecule has 0 aliphatic carbocycles. The molecule has 1 saturated heterocycles. The highest BCUT2D eigenvalue weighted by molar-refractivity contribution is 6.02. The van der Waals surface area contributed by atoms with Crippen LogP contribution in [0.25, 0.3) is 5.52 Å². The number of carbonyl (C=O) groups excluding carboxylic acids is 1. The number of hydrogen-bond acceptors (Lipinski definition) is 6. The second-order valence-corrected chi connectivity index (χ2v) is 9.86. The number of pyridine rings is 1. The van der Waals surface area contributed by atoms with Crippen LogP contribution in [0.3, 0.4) is 0 Å². The molecule has 2 aromatic carbocycles. The average molecular weight is 572 g/mol. The van der Waals surface area contributed by atoms with Crippen LogP contribution in [0.5, 0.6) is 11.5 Å². The third-order valence-corrected chi connectivity index (χ3v) is 7.08. The van der Waals surface area contributed by atoms with E-state index < -0.39 is 12.2 Å². The highest BCUT2D eigenvalue weighted by Crippen LogP contribution is 2.29. The van der Waals surface area contributed by atoms with Crippen LogP contribution in [-0.2, 0) is 6.54 Å². The number of nitrogens with one attached hydrogen (secondary N) is 1. The Hall–Kier alpha value is -4.48. The number of aromatic nitrogens is 2. The Kier molecular flexibility index (Phi) is 7.65. The lowest BCUT2D eigenvalue weighted by Gasteiger charge is -2.42. The number of rotatable bonds is 7. The summed E-state index contributed by atoms with van der Waals surface area (Å²) in [7, 11) is 1.55. The molecule has 1 N–H and O–H groups in total. The fraction of sp³-hybridized carbons (Fsp3) is 0.310. The number of piperazine rings is 1. The van der Waals surface area contributed by atoms with Gasteiger partial charge in [0.25, 0.3) is 5.91 Å². The maximum atomic E-state index is 15.2. The fourth-order valence-corrected chi connectivity index (χ4v) is 5.14. The molecule has 12 heteroatoms. The van der Waals surface area contributed by atoms with Gasteiger partial charge in [0, 0.05) is 50.2 Å². The molecular formula is C29H29F4N5O3. The Labute approximate surface area is 234 Å². The standard InChI is InChI=1S/C29H29F4N5O3/c1-18-17-36(12-13-37(18)21-5-7-22(8-6-21)41-29(31,32)33)25-9-4-20(14-24(25)30)16-34-28(39)27-19(2)35-38-11-10-23(40-3)15-26(27)38/h4-11,14-15,18H,12-13,16-17H2,1-3H3,(H,34,39)/t18-/m1/s1. The van der Waals surface area contributed by atoms with Crippen molar-refractivity contribution in [2.45, 2.75) is 32.8 Å². The summed E-state index contributed by atoms with van der Waals surface area (Å²) in [5.74, 6) is -0.395. The molecule has 1 aliphatic rings. The van der Waals surface area contributed by atoms with Crippen LogP contribution in [0.1, 0.15) is 28.5 Å². The summed E-state index contributed by atoms with van der Waals surface area (Å²) < 4.78 is 63.4. The number of aryl methyl sites for hydroxylation is 1. The second-order valence-electron chi connectivity index (χ2n) is 9.86. The topological polar surface area (TPSA) is 71.3 Å². The number of nitrogens with zero attached hydrogens (tertiary/aromatic N) is 4. The number of anilines is 2. The SMILES string of the molecule is COc1ccn2nc(C)c(C(=O)NCc3ccc(N4CCN(c5ccc(OC(F)(F)F)cc5)[C@H](C)C4)c(F)c3)c2c1. The Morgan fingerprint density at radius 2 is 1.83 bits per heavy atom. The van der Waals surface area contributed by atoms with E-state index in [4.69, 9.17) is 4.74 Å². The van der Waals surface area contributed by atoms with E-state index in [1.165, 1.54) is 18.2 Å². The third kappa shape index (κ3) is 6.16. The number of fused-ring (bicyclic) bond motifs is 1. The van der Waals surface area contributed by atoms with Crippen LogP contribution in [0, 0.1) is 12.7 Å². The van der Waals surface area contributed by atoms with Crippen molar-refractivity contribution in [3.05, 3.63) is 83.4 Å². The van der Waals surface area contributed by atoms with E-state index in [0.717, 1.165) is 5.69 Å². The third-order valence-electron chi connectivity index (χ3n) is 7.08. The van der Waals surface area contributed by atoms with Crippen LogP contribution in [0.2, 0.25) is 0 Å². The molecule has 5 rings (SSSR count). The van der Waals surface area contributed by atoms with Gasteiger partial charge in [-0.1, -0.05) is 6.07 Å². The first-order valence-corrected chi connectivity index (χ1v) is 13.0. The van der Waals surface area contributed by atoms with Crippen molar-refractivity contribution in [1.29, 1.82) is 0 Å². The first kappa shape index (κ1) is 28.1. The molecule has 4 aromatic rings. The van der Waals surface area contributed by atoms with Gasteiger partial charge in [-0.15, -0.1) is 13.2 Å². The van der Waals surface area contributed by atoms with Crippen LogP contribution in [0.15, 0.2) is 60.8 Å². The molecule has 1 aliphatic heterocycles. The molecule has 0 spiro atoms. The summed E-state index contributed by atoms with van der Waals surface area (Å²) in [5, 5.41) is 7.23. The lowest BCUT2D eigenvalue weighted by atomic mass is 10.1. The molecule has 0 unspecified atom stereocenters. The lowest BCUT2D eigenvalue weighted by molar-refractivity contribution is -0.274. The predicted molar refractivity (Wildman–Crippen MR) is 146 cm³/mol. The molecular weight excluding hydrogens is 542 g/mol. The van der Waals surface area contributed by atoms with E-state index in [1.807, 2.05) is 11.8 Å². The van der Waals surface area contributed by atoms with Gasteiger partial charge in [-0.25, -0.2) is 8.91 Å². The Balaban J connectivity index is 1.21. The van der Waals surface area contributed by atoms with Gasteiger partial charge in [0.15, 0.2) is 0 Å². The minimum absolute atomic E-state index is 0.0239. The molecule has 2 aromatic heterocycles. The van der Waals surface area contributed by atoms with Crippen LogP contribution < -0.4 is 24.6 Å². The van der Waals surface area contributed by atoms with Gasteiger partial charge in [0.05, 0.1) is 29.6 Å². The number of benzene rings is 2. The maximum absolute atomic E-state index is 15.2. The number of carbonyl (C=O) groups is 1. The molecule has 0 bridgehead atoms. The lowest BCUT2D eigenvalue weighted by Crippen LogP contribution is -2.52. The van der Waals surface area contributed by atoms with Crippen LogP contribution in [-0.4, -0.2) is 54.7 Å². The van der Waals surface area contributed by atoms with Crippen LogP contribution >= 0.6 is 0 Å². The van der Waals surface area contributed by atoms with E-state index in [1.54, 1.807) is 61.1 Å². The monoisotopic (exact) mass is 571 g/mol. The van der Waals surface area contributed by atoms with Gasteiger partial charge in [0.2, 0.25) is 0 Å². The normalized spacial score (nSPS) is 15.7. The zero-order valence-corrected chi connectivity index (χ0v) is 22.7. The number of alkyl halides is 3. The van der Waals surface area contributed by atoms with Gasteiger partial charge >= 0.3 is 6.36 Å². The van der Waals surface area contributed by atoms with Crippen LogP contribution in [0.4, 0.5) is 28.9 Å². The Bertz CT molecular complexity index is 1550. The highest BCUT2D eigenvalue weighted by Gasteiger charge is 2.31. The molecule has 1 fully saturated rings. The van der Waals surface area contributed by atoms with Gasteiger partial charge in [0.1, 0.15) is 17.3 Å². The van der Waals surface area contributed by atoms with E-state index in [0.29, 0.717) is 53.4 Å². The number of amides is 1. The largest absolute Gasteiger partial charge is 0.573 e. The van der Waals surface area contributed by atoms with Crippen molar-refractivity contribution in [2.24, 2.45) is 0 Å². The van der Waals surface area contributed by atoms with Crippen molar-refractivity contribution < 1.29 is 31.8 Å². The minimum atomic E-state index is -4.74. The van der Waals surface area contributed by atoms with Gasteiger partial charge in [-0.05, 0) is 61.9 Å². The first-order valence-electron chi connectivity index (χ1n) is 13.0. The summed E-state index contributed by atoms with van der Waals surface area (Å²) in [6, 6.07) is 14.1. The van der Waals surface area contributed by atoms with Crippen molar-refractivity contribution in [3.8, 4) is 11.5 Å². The average Bonchev–Trinajstić information content (AvgIpc) is 3.26. The number of ether oxygens (including phenoxy) is 2. The molecule has 1 atom stereocenters. The molecule has 3 heterocycles. The Morgan fingerprint density at radius 3 is 2.49 bits per heavy atom. The predicted octanol–water partition coefficient (Wildman–Crippen LogP) is 5.33. The fourth-order valence-electron chi connectivity index (χ4n) is 5.14. The molecule has 41 heavy (non-hydrogen) atoms. The zero-order chi connectivity index (χ0) is 29.3. The minimum Gasteiger partial charge on any atom is -0.497 e. The summed E-state index contributed by atoms with van der Waals surface area (Å²) >= 11 is 0.